The highest BCUT2D eigenvalue weighted by Crippen LogP contribution is 2.68. The smallest absolute Gasteiger partial charge is 0.344 e. The number of hydrogen-bond donors (Lipinski definition) is 2. The molecule has 3 aromatic rings. The number of aromatic amines is 1. The van der Waals surface area contributed by atoms with Gasteiger partial charge in [-0.25, -0.2) is 18.4 Å². The van der Waals surface area contributed by atoms with Gasteiger partial charge in [-0.05, 0) is 93.8 Å². The number of H-pyrrole nitrogens is 1. The number of fused-ring (bicyclic) bond motifs is 6. The number of esters is 4. The fourth-order valence-corrected chi connectivity index (χ4v) is 13.8. The third-order valence-electron chi connectivity index (χ3n) is 16.2. The third-order valence-corrected chi connectivity index (χ3v) is 16.2. The van der Waals surface area contributed by atoms with Gasteiger partial charge in [-0.15, -0.1) is 0 Å². The number of methoxy groups -OCH3 is 3. The summed E-state index contributed by atoms with van der Waals surface area (Å²) in [6.45, 7) is 8.30. The molecule has 9 rings (SSSR count). The lowest BCUT2D eigenvalue weighted by atomic mass is 9.47. The van der Waals surface area contributed by atoms with E-state index < -0.39 is 81.7 Å². The van der Waals surface area contributed by atoms with Crippen LogP contribution in [0.4, 0.5) is 14.5 Å². The number of piperidine rings is 1. The maximum absolute atomic E-state index is 15.5. The van der Waals surface area contributed by atoms with Crippen LogP contribution in [-0.2, 0) is 50.6 Å². The summed E-state index contributed by atoms with van der Waals surface area (Å²) >= 11 is 0. The fourth-order valence-electron chi connectivity index (χ4n) is 13.8. The van der Waals surface area contributed by atoms with Crippen molar-refractivity contribution >= 4 is 40.5 Å². The molecule has 1 aliphatic carbocycles. The van der Waals surface area contributed by atoms with Crippen molar-refractivity contribution in [2.45, 2.75) is 100 Å². The van der Waals surface area contributed by atoms with Crippen LogP contribution in [0.3, 0.4) is 0 Å². The number of carbonyl (C=O) groups excluding carboxylic acids is 4. The van der Waals surface area contributed by atoms with E-state index in [4.69, 9.17) is 23.7 Å². The molecule has 10 atom stereocenters. The lowest BCUT2D eigenvalue weighted by molar-refractivity contribution is -0.228. The first-order chi connectivity index (χ1) is 30.9. The Balaban J connectivity index is 1.36. The van der Waals surface area contributed by atoms with Crippen molar-refractivity contribution < 1.29 is 56.7 Å². The van der Waals surface area contributed by atoms with Gasteiger partial charge >= 0.3 is 23.9 Å². The van der Waals surface area contributed by atoms with Gasteiger partial charge in [-0.2, -0.15) is 0 Å². The second-order valence-electron chi connectivity index (χ2n) is 19.3. The number of aromatic nitrogens is 1. The largest absolute Gasteiger partial charge is 0.496 e. The summed E-state index contributed by atoms with van der Waals surface area (Å²) in [6.07, 6.45) is 4.08. The molecule has 2 saturated heterocycles. The first-order valence-electron chi connectivity index (χ1n) is 22.8. The summed E-state index contributed by atoms with van der Waals surface area (Å²) in [5.74, 6) is -6.82. The number of carbonyl (C=O) groups is 4. The van der Waals surface area contributed by atoms with Gasteiger partial charge in [0.15, 0.2) is 6.10 Å². The number of rotatable bonds is 9. The van der Waals surface area contributed by atoms with Crippen LogP contribution in [0.2, 0.25) is 0 Å². The van der Waals surface area contributed by atoms with Crippen LogP contribution in [-0.4, -0.2) is 141 Å². The number of likely N-dealkylation sites (N-methyl/N-ethyl adjacent to an activating group) is 1. The van der Waals surface area contributed by atoms with Crippen molar-refractivity contribution in [3.05, 3.63) is 70.4 Å². The Morgan fingerprint density at radius 3 is 2.40 bits per heavy atom. The van der Waals surface area contributed by atoms with E-state index in [1.165, 1.54) is 28.3 Å². The Bertz CT molecular complexity index is 2490. The molecule has 1 saturated carbocycles. The van der Waals surface area contributed by atoms with Crippen molar-refractivity contribution in [3.8, 4) is 5.75 Å². The molecule has 2 bridgehead atoms. The molecule has 2 N–H and O–H groups in total. The van der Waals surface area contributed by atoms with Gasteiger partial charge in [0.2, 0.25) is 11.5 Å². The van der Waals surface area contributed by atoms with Crippen molar-refractivity contribution in [2.75, 3.05) is 72.6 Å². The topological polar surface area (TPSA) is 160 Å². The van der Waals surface area contributed by atoms with Gasteiger partial charge < -0.3 is 43.6 Å². The van der Waals surface area contributed by atoms with Crippen LogP contribution in [0.1, 0.15) is 86.1 Å². The number of ether oxygens (including phenoxy) is 5. The SMILES string of the molecule is CCOC(=O)c1ccc2[nH]c3c(c2c1)CCN1CC(CC(C(C)(F)F)C1)C[C@]3(C(=O)OC)c1cc2c(cc1OC)N(C)C1C23CCN2CC=C[C@@](CC)(C23)[C@H](OC(C)=O)[C@@]1(O)C(=O)OC. The molecule has 6 aliphatic rings. The summed E-state index contributed by atoms with van der Waals surface area (Å²) in [5.41, 5.74) is -2.16. The molecule has 1 spiro atoms. The normalized spacial score (nSPS) is 33.7. The number of alkyl halides is 2. The van der Waals surface area contributed by atoms with Crippen LogP contribution in [0.5, 0.6) is 5.75 Å². The standard InChI is InChI=1S/C49H60F2N4O10/c1-9-46-15-11-17-55-19-16-47(40(46)55)33-22-34(37(61-6)23-36(33)53(5)41(47)49(60,44(59)63-8)42(46)65-27(3)56)48(43(58)62-7)24-28-20-30(45(4,50)51)26-54(25-28)18-14-31-32-21-29(39(57)64-10-2)12-13-35(32)52-38(31)48/h11-13,15,21-23,28,30,40-42,52,60H,9-10,14,16-20,24-26H2,1-8H3/t28?,30?,40?,41?,42-,46-,47?,48-,49+/m0/s1. The Morgan fingerprint density at radius 1 is 0.985 bits per heavy atom. The molecule has 14 nitrogen and oxygen atoms in total. The van der Waals surface area contributed by atoms with Crippen molar-refractivity contribution in [1.29, 1.82) is 0 Å². The molecule has 2 aromatic carbocycles. The van der Waals surface area contributed by atoms with Crippen LogP contribution in [0.15, 0.2) is 42.5 Å². The summed E-state index contributed by atoms with van der Waals surface area (Å²) in [5, 5.41) is 14.1. The molecule has 65 heavy (non-hydrogen) atoms. The molecular formula is C49H60F2N4O10. The maximum Gasteiger partial charge on any atom is 0.344 e. The average Bonchev–Trinajstić information content (AvgIpc) is 3.94. The van der Waals surface area contributed by atoms with Gasteiger partial charge in [0.1, 0.15) is 11.2 Å². The predicted octanol–water partition coefficient (Wildman–Crippen LogP) is 5.30. The van der Waals surface area contributed by atoms with E-state index in [-0.39, 0.29) is 26.0 Å². The lowest BCUT2D eigenvalue weighted by Gasteiger charge is -2.63. The average molecular weight is 903 g/mol. The van der Waals surface area contributed by atoms with Crippen molar-refractivity contribution in [3.63, 3.8) is 0 Å². The number of nitrogens with one attached hydrogen (secondary N) is 1. The maximum atomic E-state index is 15.5. The van der Waals surface area contributed by atoms with Gasteiger partial charge in [0, 0.05) is 96.9 Å². The summed E-state index contributed by atoms with van der Waals surface area (Å²) < 4.78 is 60.2. The Hall–Kier alpha value is -5.06. The minimum absolute atomic E-state index is 0.0620. The van der Waals surface area contributed by atoms with Gasteiger partial charge in [-0.3, -0.25) is 14.5 Å². The Kier molecular flexibility index (Phi) is 11.0. The van der Waals surface area contributed by atoms with Crippen LogP contribution < -0.4 is 9.64 Å². The molecule has 0 amide bonds. The molecule has 6 heterocycles. The van der Waals surface area contributed by atoms with Gasteiger partial charge in [-0.1, -0.05) is 19.1 Å². The van der Waals surface area contributed by atoms with E-state index in [9.17, 15) is 19.5 Å². The molecule has 0 radical (unpaired) electrons. The van der Waals surface area contributed by atoms with Crippen LogP contribution in [0.25, 0.3) is 10.9 Å². The summed E-state index contributed by atoms with van der Waals surface area (Å²) in [4.78, 5) is 66.0. The lowest BCUT2D eigenvalue weighted by Crippen LogP contribution is -2.81. The number of benzene rings is 2. The fraction of sp³-hybridized carbons (Fsp3) is 0.592. The van der Waals surface area contributed by atoms with E-state index in [2.05, 4.69) is 14.8 Å². The first-order valence-corrected chi connectivity index (χ1v) is 22.8. The van der Waals surface area contributed by atoms with Crippen LogP contribution >= 0.6 is 0 Å². The van der Waals surface area contributed by atoms with E-state index >= 15 is 13.6 Å². The molecule has 5 aliphatic heterocycles. The van der Waals surface area contributed by atoms with E-state index in [1.54, 1.807) is 32.2 Å². The quantitative estimate of drug-likeness (QED) is 0.162. The zero-order valence-corrected chi connectivity index (χ0v) is 38.4. The molecule has 350 valence electrons. The number of halogens is 2. The van der Waals surface area contributed by atoms with Gasteiger partial charge in [0.05, 0.1) is 39.5 Å². The zero-order valence-electron chi connectivity index (χ0n) is 38.4. The highest BCUT2D eigenvalue weighted by molar-refractivity contribution is 5.99. The molecule has 6 unspecified atom stereocenters. The highest BCUT2D eigenvalue weighted by Gasteiger charge is 2.80. The Morgan fingerprint density at radius 2 is 1.74 bits per heavy atom. The summed E-state index contributed by atoms with van der Waals surface area (Å²) in [6, 6.07) is 7.59. The second kappa shape index (κ2) is 15.8. The zero-order chi connectivity index (χ0) is 46.6. The number of nitrogens with zero attached hydrogens (tertiary/aromatic N) is 3. The molecule has 3 fully saturated rings. The third kappa shape index (κ3) is 6.24. The van der Waals surface area contributed by atoms with Crippen molar-refractivity contribution in [2.24, 2.45) is 17.3 Å². The summed E-state index contributed by atoms with van der Waals surface area (Å²) in [7, 11) is 5.83. The number of aliphatic hydroxyl groups is 1. The second-order valence-corrected chi connectivity index (χ2v) is 19.3. The monoisotopic (exact) mass is 902 g/mol. The predicted molar refractivity (Wildman–Crippen MR) is 235 cm³/mol. The van der Waals surface area contributed by atoms with Crippen LogP contribution in [0, 0.1) is 17.3 Å². The number of anilines is 1. The van der Waals surface area contributed by atoms with E-state index in [0.29, 0.717) is 84.6 Å². The first kappa shape index (κ1) is 45.1. The minimum atomic E-state index is -2.99. The van der Waals surface area contributed by atoms with Gasteiger partial charge in [0.25, 0.3) is 0 Å². The highest BCUT2D eigenvalue weighted by atomic mass is 19.3. The number of hydrogen-bond acceptors (Lipinski definition) is 13. The van der Waals surface area contributed by atoms with E-state index in [1.807, 2.05) is 36.1 Å². The molecular weight excluding hydrogens is 843 g/mol. The molecule has 16 heteroatoms. The van der Waals surface area contributed by atoms with Crippen molar-refractivity contribution in [1.82, 2.24) is 14.8 Å². The minimum Gasteiger partial charge on any atom is -0.496 e. The van der Waals surface area contributed by atoms with E-state index in [0.717, 1.165) is 18.1 Å². The Labute approximate surface area is 377 Å². The molecule has 1 aromatic heterocycles.